The molecule has 0 saturated heterocycles. The standard InChI is InChI=1S/C25H21Cl2NO4/c26-21-6-1-17(2-7-21)13-28(14-18-3-8-22(27)9-4-18)23-10-5-19-11-20(25(29)30)15-31-16-32-24(19)12-23/h1-12H,13-16H2,(H,29,30)/b20-11+. The lowest BCUT2D eigenvalue weighted by Gasteiger charge is -2.27. The van der Waals surface area contributed by atoms with Crippen LogP contribution in [-0.2, 0) is 22.6 Å². The summed E-state index contributed by atoms with van der Waals surface area (Å²) >= 11 is 12.1. The van der Waals surface area contributed by atoms with Crippen LogP contribution in [0.25, 0.3) is 6.08 Å². The third kappa shape index (κ3) is 5.62. The van der Waals surface area contributed by atoms with Gasteiger partial charge in [0.15, 0.2) is 6.79 Å². The molecule has 1 aliphatic heterocycles. The highest BCUT2D eigenvalue weighted by Crippen LogP contribution is 2.31. The van der Waals surface area contributed by atoms with Crippen LogP contribution >= 0.6 is 23.2 Å². The van der Waals surface area contributed by atoms with Gasteiger partial charge in [-0.25, -0.2) is 4.79 Å². The van der Waals surface area contributed by atoms with Gasteiger partial charge in [0, 0.05) is 40.5 Å². The third-order valence-corrected chi connectivity index (χ3v) is 5.60. The summed E-state index contributed by atoms with van der Waals surface area (Å²) < 4.78 is 11.1. The topological polar surface area (TPSA) is 59.0 Å². The van der Waals surface area contributed by atoms with Crippen molar-refractivity contribution in [1.82, 2.24) is 0 Å². The molecule has 0 aromatic heterocycles. The van der Waals surface area contributed by atoms with Crippen LogP contribution < -0.4 is 9.64 Å². The van der Waals surface area contributed by atoms with Crippen LogP contribution in [0.3, 0.4) is 0 Å². The van der Waals surface area contributed by atoms with E-state index >= 15 is 0 Å². The second-order valence-corrected chi connectivity index (χ2v) is 8.29. The molecule has 0 aliphatic carbocycles. The van der Waals surface area contributed by atoms with Gasteiger partial charge in [-0.05, 0) is 53.6 Å². The van der Waals surface area contributed by atoms with Crippen LogP contribution in [-0.4, -0.2) is 24.5 Å². The van der Waals surface area contributed by atoms with Gasteiger partial charge in [-0.2, -0.15) is 0 Å². The molecule has 0 spiro atoms. The number of hydrogen-bond donors (Lipinski definition) is 1. The highest BCUT2D eigenvalue weighted by atomic mass is 35.5. The van der Waals surface area contributed by atoms with E-state index in [4.69, 9.17) is 32.7 Å². The Hall–Kier alpha value is -2.99. The smallest absolute Gasteiger partial charge is 0.333 e. The number of halogens is 2. The largest absolute Gasteiger partial charge is 0.478 e. The van der Waals surface area contributed by atoms with Crippen molar-refractivity contribution >= 4 is 40.9 Å². The molecule has 164 valence electrons. The van der Waals surface area contributed by atoms with E-state index in [0.29, 0.717) is 34.4 Å². The number of hydrogen-bond acceptors (Lipinski definition) is 4. The van der Waals surface area contributed by atoms with Gasteiger partial charge in [0.2, 0.25) is 0 Å². The summed E-state index contributed by atoms with van der Waals surface area (Å²) in [7, 11) is 0. The van der Waals surface area contributed by atoms with Crippen LogP contribution in [0, 0.1) is 0 Å². The molecule has 7 heteroatoms. The Morgan fingerprint density at radius 1 is 0.906 bits per heavy atom. The summed E-state index contributed by atoms with van der Waals surface area (Å²) in [6.07, 6.45) is 1.59. The Bertz CT molecular complexity index is 1080. The minimum absolute atomic E-state index is 0.00418. The molecule has 0 radical (unpaired) electrons. The van der Waals surface area contributed by atoms with E-state index in [1.807, 2.05) is 66.7 Å². The van der Waals surface area contributed by atoms with Crippen molar-refractivity contribution in [2.45, 2.75) is 13.1 Å². The molecular weight excluding hydrogens is 449 g/mol. The minimum Gasteiger partial charge on any atom is -0.478 e. The molecule has 0 bridgehead atoms. The van der Waals surface area contributed by atoms with Crippen molar-refractivity contribution in [2.24, 2.45) is 0 Å². The SMILES string of the molecule is O=C(O)/C1=C/c2ccc(N(Cc3ccc(Cl)cc3)Cc3ccc(Cl)cc3)cc2OCOC1. The summed E-state index contributed by atoms with van der Waals surface area (Å²) in [5, 5.41) is 10.8. The average molecular weight is 470 g/mol. The maximum atomic E-state index is 11.4. The first-order valence-electron chi connectivity index (χ1n) is 10.0. The van der Waals surface area contributed by atoms with Crippen LogP contribution in [0.15, 0.2) is 72.3 Å². The summed E-state index contributed by atoms with van der Waals surface area (Å²) in [4.78, 5) is 13.6. The number of anilines is 1. The Morgan fingerprint density at radius 2 is 1.50 bits per heavy atom. The summed E-state index contributed by atoms with van der Waals surface area (Å²) in [5.41, 5.74) is 4.02. The molecule has 4 rings (SSSR count). The van der Waals surface area contributed by atoms with E-state index in [9.17, 15) is 9.90 Å². The van der Waals surface area contributed by atoms with Gasteiger partial charge in [-0.1, -0.05) is 47.5 Å². The fourth-order valence-corrected chi connectivity index (χ4v) is 3.68. The molecule has 32 heavy (non-hydrogen) atoms. The molecule has 0 atom stereocenters. The maximum Gasteiger partial charge on any atom is 0.333 e. The summed E-state index contributed by atoms with van der Waals surface area (Å²) in [6.45, 7) is 1.27. The number of carbonyl (C=O) groups is 1. The predicted molar refractivity (Wildman–Crippen MR) is 126 cm³/mol. The zero-order valence-corrected chi connectivity index (χ0v) is 18.6. The first-order valence-corrected chi connectivity index (χ1v) is 10.8. The van der Waals surface area contributed by atoms with E-state index in [1.165, 1.54) is 0 Å². The Kier molecular flexibility index (Phi) is 7.00. The van der Waals surface area contributed by atoms with Gasteiger partial charge in [0.25, 0.3) is 0 Å². The second kappa shape index (κ2) is 10.1. The monoisotopic (exact) mass is 469 g/mol. The van der Waals surface area contributed by atoms with E-state index in [1.54, 1.807) is 6.08 Å². The molecule has 3 aromatic rings. The number of carboxylic acids is 1. The fourth-order valence-electron chi connectivity index (χ4n) is 3.43. The highest BCUT2D eigenvalue weighted by Gasteiger charge is 2.16. The number of nitrogens with zero attached hydrogens (tertiary/aromatic N) is 1. The molecule has 1 aliphatic rings. The number of carboxylic acid groups (broad SMARTS) is 1. The van der Waals surface area contributed by atoms with E-state index in [-0.39, 0.29) is 19.0 Å². The van der Waals surface area contributed by atoms with Crippen LogP contribution in [0.4, 0.5) is 5.69 Å². The predicted octanol–water partition coefficient (Wildman–Crippen LogP) is 6.03. The number of rotatable bonds is 6. The molecule has 0 amide bonds. The number of ether oxygens (including phenoxy) is 2. The first-order chi connectivity index (χ1) is 15.5. The molecule has 1 N–H and O–H groups in total. The fraction of sp³-hybridized carbons (Fsp3) is 0.160. The molecule has 5 nitrogen and oxygen atoms in total. The quantitative estimate of drug-likeness (QED) is 0.477. The van der Waals surface area contributed by atoms with Crippen molar-refractivity contribution in [2.75, 3.05) is 18.3 Å². The molecule has 0 saturated carbocycles. The minimum atomic E-state index is -1.01. The molecular formula is C25H21Cl2NO4. The lowest BCUT2D eigenvalue weighted by Crippen LogP contribution is -2.22. The van der Waals surface area contributed by atoms with E-state index < -0.39 is 5.97 Å². The van der Waals surface area contributed by atoms with Crippen LogP contribution in [0.2, 0.25) is 10.0 Å². The number of aliphatic carboxylic acids is 1. The highest BCUT2D eigenvalue weighted by molar-refractivity contribution is 6.30. The second-order valence-electron chi connectivity index (χ2n) is 7.42. The van der Waals surface area contributed by atoms with Gasteiger partial charge >= 0.3 is 5.97 Å². The lowest BCUT2D eigenvalue weighted by molar-refractivity contribution is -0.133. The van der Waals surface area contributed by atoms with Crippen molar-refractivity contribution in [3.05, 3.63) is 99.0 Å². The van der Waals surface area contributed by atoms with Gasteiger partial charge in [0.05, 0.1) is 12.2 Å². The Balaban J connectivity index is 1.68. The van der Waals surface area contributed by atoms with Crippen molar-refractivity contribution < 1.29 is 19.4 Å². The molecule has 3 aromatic carbocycles. The Labute approximate surface area is 196 Å². The van der Waals surface area contributed by atoms with Gasteiger partial charge in [-0.3, -0.25) is 0 Å². The normalized spacial score (nSPS) is 14.9. The van der Waals surface area contributed by atoms with Crippen LogP contribution in [0.5, 0.6) is 5.75 Å². The first kappa shape index (κ1) is 22.2. The summed E-state index contributed by atoms with van der Waals surface area (Å²) in [5.74, 6) is -0.438. The van der Waals surface area contributed by atoms with Gasteiger partial charge in [0.1, 0.15) is 5.75 Å². The van der Waals surface area contributed by atoms with Gasteiger partial charge in [-0.15, -0.1) is 0 Å². The zero-order valence-electron chi connectivity index (χ0n) is 17.1. The lowest BCUT2D eigenvalue weighted by atomic mass is 10.1. The van der Waals surface area contributed by atoms with Crippen LogP contribution in [0.1, 0.15) is 16.7 Å². The van der Waals surface area contributed by atoms with Crippen molar-refractivity contribution in [3.63, 3.8) is 0 Å². The van der Waals surface area contributed by atoms with Gasteiger partial charge < -0.3 is 19.5 Å². The van der Waals surface area contributed by atoms with E-state index in [0.717, 1.165) is 16.8 Å². The molecule has 0 unspecified atom stereocenters. The third-order valence-electron chi connectivity index (χ3n) is 5.10. The number of fused-ring (bicyclic) bond motifs is 1. The van der Waals surface area contributed by atoms with Crippen molar-refractivity contribution in [1.29, 1.82) is 0 Å². The molecule has 0 fully saturated rings. The summed E-state index contributed by atoms with van der Waals surface area (Å²) in [6, 6.07) is 21.2. The van der Waals surface area contributed by atoms with E-state index in [2.05, 4.69) is 4.90 Å². The zero-order chi connectivity index (χ0) is 22.5. The maximum absolute atomic E-state index is 11.4. The molecule has 1 heterocycles. The van der Waals surface area contributed by atoms with Crippen molar-refractivity contribution in [3.8, 4) is 5.75 Å². The average Bonchev–Trinajstić information content (AvgIpc) is 2.76. The Morgan fingerprint density at radius 3 is 2.06 bits per heavy atom. The number of benzene rings is 3.